The van der Waals surface area contributed by atoms with Gasteiger partial charge in [-0.05, 0) is 19.1 Å². The number of amides is 2. The third kappa shape index (κ3) is 3.30. The second-order valence-corrected chi connectivity index (χ2v) is 7.56. The smallest absolute Gasteiger partial charge is 0.257 e. The fourth-order valence-corrected chi connectivity index (χ4v) is 3.93. The number of hydrogen-bond donors (Lipinski definition) is 2. The lowest BCUT2D eigenvalue weighted by Gasteiger charge is -2.28. The molecule has 0 bridgehead atoms. The van der Waals surface area contributed by atoms with Gasteiger partial charge in [0.1, 0.15) is 5.52 Å². The first-order valence-electron chi connectivity index (χ1n) is 9.84. The van der Waals surface area contributed by atoms with Crippen LogP contribution in [0.4, 0.5) is 15.8 Å². The van der Waals surface area contributed by atoms with E-state index in [9.17, 15) is 14.0 Å². The minimum absolute atomic E-state index is 0.0343. The van der Waals surface area contributed by atoms with Crippen molar-refractivity contribution in [3.05, 3.63) is 53.9 Å². The molecule has 31 heavy (non-hydrogen) atoms. The Morgan fingerprint density at radius 1 is 1.26 bits per heavy atom. The number of anilines is 2. The lowest BCUT2D eigenvalue weighted by Crippen LogP contribution is -2.48. The van der Waals surface area contributed by atoms with Gasteiger partial charge in [-0.15, -0.1) is 0 Å². The first kappa shape index (κ1) is 19.2. The van der Waals surface area contributed by atoms with Crippen molar-refractivity contribution >= 4 is 39.7 Å². The number of carbonyl (C=O) groups is 2. The van der Waals surface area contributed by atoms with Crippen LogP contribution in [-0.2, 0) is 11.8 Å². The second kappa shape index (κ2) is 7.17. The van der Waals surface area contributed by atoms with Gasteiger partial charge in [-0.2, -0.15) is 5.10 Å². The number of fused-ring (bicyclic) bond motifs is 2. The van der Waals surface area contributed by atoms with E-state index in [1.807, 2.05) is 0 Å². The van der Waals surface area contributed by atoms with E-state index in [4.69, 9.17) is 0 Å². The van der Waals surface area contributed by atoms with Crippen LogP contribution in [0.3, 0.4) is 0 Å². The molecule has 1 aliphatic heterocycles. The molecule has 0 saturated carbocycles. The van der Waals surface area contributed by atoms with Crippen molar-refractivity contribution in [3.63, 3.8) is 0 Å². The van der Waals surface area contributed by atoms with E-state index >= 15 is 0 Å². The summed E-state index contributed by atoms with van der Waals surface area (Å²) in [7, 11) is 1.76. The number of aromatic nitrogens is 4. The molecule has 0 unspecified atom stereocenters. The number of aryl methyl sites for hydroxylation is 2. The maximum atomic E-state index is 14.4. The van der Waals surface area contributed by atoms with E-state index in [2.05, 4.69) is 20.7 Å². The van der Waals surface area contributed by atoms with Gasteiger partial charge in [0, 0.05) is 50.2 Å². The highest BCUT2D eigenvalue weighted by Gasteiger charge is 2.24. The predicted octanol–water partition coefficient (Wildman–Crippen LogP) is 1.86. The number of halogens is 1. The van der Waals surface area contributed by atoms with Gasteiger partial charge >= 0.3 is 0 Å². The van der Waals surface area contributed by atoms with Gasteiger partial charge < -0.3 is 19.9 Å². The molecule has 1 saturated heterocycles. The Bertz CT molecular complexity index is 1360. The van der Waals surface area contributed by atoms with Crippen LogP contribution in [0.5, 0.6) is 0 Å². The van der Waals surface area contributed by atoms with E-state index in [-0.39, 0.29) is 18.1 Å². The van der Waals surface area contributed by atoms with Crippen molar-refractivity contribution in [1.29, 1.82) is 0 Å². The lowest BCUT2D eigenvalue weighted by atomic mass is 10.1. The molecule has 0 atom stereocenters. The van der Waals surface area contributed by atoms with Crippen LogP contribution in [0.25, 0.3) is 16.6 Å². The molecule has 2 N–H and O–H groups in total. The molecular formula is C21H20FN7O2. The molecule has 1 aliphatic rings. The highest BCUT2D eigenvalue weighted by molar-refractivity contribution is 6.15. The average Bonchev–Trinajstić information content (AvgIpc) is 3.29. The number of nitrogens with zero attached hydrogens (tertiary/aromatic N) is 5. The molecule has 10 heteroatoms. The molecule has 0 spiro atoms. The standard InChI is InChI=1S/C21H20FN7O2/c1-12-9-28-10-13(7-16(22)20(28)24-12)25-21(31)14-3-4-17(15-11-27(2)26-19(14)15)29-6-5-23-8-18(29)30/h3-4,7,9-11,23H,5-6,8H2,1-2H3,(H,25,31). The number of pyridine rings is 1. The highest BCUT2D eigenvalue weighted by atomic mass is 19.1. The number of carbonyl (C=O) groups excluding carboxylic acids is 2. The van der Waals surface area contributed by atoms with Gasteiger partial charge in [-0.25, -0.2) is 9.37 Å². The molecule has 5 rings (SSSR count). The fraction of sp³-hybridized carbons (Fsp3) is 0.238. The molecule has 2 amide bonds. The number of rotatable bonds is 3. The maximum Gasteiger partial charge on any atom is 0.257 e. The molecule has 9 nitrogen and oxygen atoms in total. The summed E-state index contributed by atoms with van der Waals surface area (Å²) in [6.45, 7) is 3.27. The summed E-state index contributed by atoms with van der Waals surface area (Å²) < 4.78 is 17.5. The Balaban J connectivity index is 1.52. The largest absolute Gasteiger partial charge is 0.320 e. The van der Waals surface area contributed by atoms with Crippen molar-refractivity contribution < 1.29 is 14.0 Å². The van der Waals surface area contributed by atoms with Gasteiger partial charge in [-0.3, -0.25) is 14.3 Å². The first-order chi connectivity index (χ1) is 14.9. The normalized spacial score (nSPS) is 14.5. The van der Waals surface area contributed by atoms with Crippen molar-refractivity contribution in [2.75, 3.05) is 29.9 Å². The van der Waals surface area contributed by atoms with Crippen LogP contribution in [0.15, 0.2) is 36.8 Å². The zero-order valence-electron chi connectivity index (χ0n) is 17.0. The molecule has 4 aromatic rings. The van der Waals surface area contributed by atoms with E-state index in [0.29, 0.717) is 46.6 Å². The van der Waals surface area contributed by atoms with Crippen molar-refractivity contribution in [2.24, 2.45) is 7.05 Å². The Hall–Kier alpha value is -3.79. The quantitative estimate of drug-likeness (QED) is 0.526. The average molecular weight is 421 g/mol. The van der Waals surface area contributed by atoms with E-state index in [1.54, 1.807) is 54.3 Å². The third-order valence-corrected chi connectivity index (χ3v) is 5.28. The SMILES string of the molecule is Cc1cn2cc(NC(=O)c3ccc(N4CCNCC4=O)c4cn(C)nc34)cc(F)c2n1. The predicted molar refractivity (Wildman–Crippen MR) is 114 cm³/mol. The summed E-state index contributed by atoms with van der Waals surface area (Å²) in [5.41, 5.74) is 2.71. The second-order valence-electron chi connectivity index (χ2n) is 7.56. The number of hydrogen-bond acceptors (Lipinski definition) is 5. The topological polar surface area (TPSA) is 96.6 Å². The monoisotopic (exact) mass is 421 g/mol. The van der Waals surface area contributed by atoms with E-state index in [0.717, 1.165) is 0 Å². The van der Waals surface area contributed by atoms with Gasteiger partial charge in [0.2, 0.25) is 5.91 Å². The Morgan fingerprint density at radius 3 is 2.90 bits per heavy atom. The molecular weight excluding hydrogens is 401 g/mol. The summed E-state index contributed by atoms with van der Waals surface area (Å²) in [6.07, 6.45) is 5.08. The summed E-state index contributed by atoms with van der Waals surface area (Å²) in [4.78, 5) is 31.2. The Morgan fingerprint density at radius 2 is 2.10 bits per heavy atom. The van der Waals surface area contributed by atoms with Gasteiger partial charge in [-0.1, -0.05) is 0 Å². The number of nitrogens with one attached hydrogen (secondary N) is 2. The minimum atomic E-state index is -0.526. The summed E-state index contributed by atoms with van der Waals surface area (Å²) >= 11 is 0. The van der Waals surface area contributed by atoms with Gasteiger partial charge in [0.25, 0.3) is 5.91 Å². The van der Waals surface area contributed by atoms with Crippen molar-refractivity contribution in [3.8, 4) is 0 Å². The van der Waals surface area contributed by atoms with E-state index in [1.165, 1.54) is 10.5 Å². The Kier molecular flexibility index (Phi) is 4.44. The van der Waals surface area contributed by atoms with Crippen LogP contribution in [-0.4, -0.2) is 50.6 Å². The molecule has 3 aromatic heterocycles. The van der Waals surface area contributed by atoms with Crippen LogP contribution in [0, 0.1) is 12.7 Å². The van der Waals surface area contributed by atoms with Crippen LogP contribution >= 0.6 is 0 Å². The maximum absolute atomic E-state index is 14.4. The van der Waals surface area contributed by atoms with Crippen molar-refractivity contribution in [1.82, 2.24) is 24.5 Å². The first-order valence-corrected chi connectivity index (χ1v) is 9.84. The lowest BCUT2D eigenvalue weighted by molar-refractivity contribution is -0.118. The minimum Gasteiger partial charge on any atom is -0.320 e. The zero-order chi connectivity index (χ0) is 21.7. The summed E-state index contributed by atoms with van der Waals surface area (Å²) in [6, 6.07) is 4.64. The van der Waals surface area contributed by atoms with Crippen molar-refractivity contribution in [2.45, 2.75) is 6.92 Å². The molecule has 4 heterocycles. The van der Waals surface area contributed by atoms with E-state index < -0.39 is 11.7 Å². The molecule has 158 valence electrons. The molecule has 0 radical (unpaired) electrons. The van der Waals surface area contributed by atoms with Crippen LogP contribution < -0.4 is 15.5 Å². The van der Waals surface area contributed by atoms with Gasteiger partial charge in [0.05, 0.1) is 29.2 Å². The summed E-state index contributed by atoms with van der Waals surface area (Å²) in [5.74, 6) is -0.980. The highest BCUT2D eigenvalue weighted by Crippen LogP contribution is 2.30. The summed E-state index contributed by atoms with van der Waals surface area (Å²) in [5, 5.41) is 10.9. The number of benzene rings is 1. The number of piperazine rings is 1. The molecule has 1 fully saturated rings. The zero-order valence-corrected chi connectivity index (χ0v) is 17.0. The number of imidazole rings is 1. The van der Waals surface area contributed by atoms with Crippen LogP contribution in [0.2, 0.25) is 0 Å². The fourth-order valence-electron chi connectivity index (χ4n) is 3.93. The molecule has 1 aromatic carbocycles. The van der Waals surface area contributed by atoms with Crippen LogP contribution in [0.1, 0.15) is 16.1 Å². The Labute approximate surface area is 176 Å². The van der Waals surface area contributed by atoms with Gasteiger partial charge in [0.15, 0.2) is 11.5 Å². The third-order valence-electron chi connectivity index (χ3n) is 5.28. The molecule has 0 aliphatic carbocycles.